The Kier molecular flexibility index (Phi) is 5.96. The molecule has 1 fully saturated rings. The van der Waals surface area contributed by atoms with Crippen LogP contribution in [-0.2, 0) is 14.4 Å². The third kappa shape index (κ3) is 3.68. The maximum atomic E-state index is 14.0. The van der Waals surface area contributed by atoms with Crippen molar-refractivity contribution in [2.75, 3.05) is 14.1 Å². The van der Waals surface area contributed by atoms with Crippen molar-refractivity contribution in [1.82, 2.24) is 4.90 Å². The van der Waals surface area contributed by atoms with Crippen LogP contribution in [0.4, 0.5) is 8.78 Å². The average molecular weight is 539 g/mol. The molecule has 0 heterocycles. The minimum Gasteiger partial charge on any atom is -0.508 e. The van der Waals surface area contributed by atoms with Gasteiger partial charge in [0.25, 0.3) is 5.91 Å². The summed E-state index contributed by atoms with van der Waals surface area (Å²) in [5.41, 5.74) is 1.61. The minimum absolute atomic E-state index is 0.0773. The molecule has 2 unspecified atom stereocenters. The van der Waals surface area contributed by atoms with Gasteiger partial charge in [-0.1, -0.05) is 18.2 Å². The number of nitrogens with two attached hydrogens (primary N) is 1. The van der Waals surface area contributed by atoms with Crippen LogP contribution >= 0.6 is 0 Å². The normalized spacial score (nSPS) is 27.5. The third-order valence-corrected chi connectivity index (χ3v) is 7.69. The van der Waals surface area contributed by atoms with Gasteiger partial charge < -0.3 is 26.2 Å². The zero-order chi connectivity index (χ0) is 28.5. The molecule has 0 aliphatic heterocycles. The van der Waals surface area contributed by atoms with E-state index in [1.165, 1.54) is 43.3 Å². The van der Waals surface area contributed by atoms with Gasteiger partial charge in [0, 0.05) is 23.5 Å². The number of nitrogens with zero attached hydrogens (tertiary/aromatic N) is 1. The lowest BCUT2D eigenvalue weighted by atomic mass is 9.56. The summed E-state index contributed by atoms with van der Waals surface area (Å²) in [6, 6.07) is 5.78. The zero-order valence-electron chi connectivity index (χ0n) is 20.8. The molecule has 2 aromatic carbocycles. The number of primary amides is 1. The number of likely N-dealkylation sites (N-methyl/N-ethyl adjacent to an activating group) is 1. The van der Waals surface area contributed by atoms with Crippen LogP contribution < -0.4 is 5.73 Å². The van der Waals surface area contributed by atoms with Gasteiger partial charge in [0.1, 0.15) is 34.5 Å². The number of phenolic OH excluding ortho intramolecular Hbond substituents is 1. The molecule has 0 spiro atoms. The van der Waals surface area contributed by atoms with Gasteiger partial charge in [-0.15, -0.1) is 0 Å². The lowest BCUT2D eigenvalue weighted by Crippen LogP contribution is -2.65. The molecular weight excluding hydrogens is 514 g/mol. The molecule has 9 nitrogen and oxygen atoms in total. The molecule has 0 saturated heterocycles. The quantitative estimate of drug-likeness (QED) is 0.372. The number of hydrogen-bond acceptors (Lipinski definition) is 8. The smallest absolute Gasteiger partial charge is 0.255 e. The fourth-order valence-corrected chi connectivity index (χ4v) is 6.11. The first kappa shape index (κ1) is 26.3. The molecule has 3 aliphatic rings. The molecule has 39 heavy (non-hydrogen) atoms. The van der Waals surface area contributed by atoms with Crippen molar-refractivity contribution >= 4 is 34.9 Å². The number of carbonyl (C=O) groups excluding carboxylic acids is 3. The highest BCUT2D eigenvalue weighted by Gasteiger charge is 2.64. The third-order valence-electron chi connectivity index (χ3n) is 7.69. The number of aromatic hydroxyl groups is 1. The highest BCUT2D eigenvalue weighted by molar-refractivity contribution is 6.25. The first-order valence-electron chi connectivity index (χ1n) is 11.9. The van der Waals surface area contributed by atoms with Crippen LogP contribution in [0.15, 0.2) is 53.3 Å². The molecular formula is C28H24F2N2O7. The van der Waals surface area contributed by atoms with Gasteiger partial charge in [-0.2, -0.15) is 0 Å². The summed E-state index contributed by atoms with van der Waals surface area (Å²) in [5, 5.41) is 44.5. The number of fused-ring (bicyclic) bond motifs is 3. The van der Waals surface area contributed by atoms with E-state index in [1.807, 2.05) is 0 Å². The molecule has 2 aromatic rings. The largest absolute Gasteiger partial charge is 0.508 e. The summed E-state index contributed by atoms with van der Waals surface area (Å²) < 4.78 is 28.1. The van der Waals surface area contributed by atoms with Crippen molar-refractivity contribution in [2.45, 2.75) is 18.1 Å². The van der Waals surface area contributed by atoms with Gasteiger partial charge in [-0.3, -0.25) is 19.3 Å². The summed E-state index contributed by atoms with van der Waals surface area (Å²) in [6.07, 6.45) is 1.17. The van der Waals surface area contributed by atoms with Gasteiger partial charge in [0.05, 0.1) is 11.6 Å². The van der Waals surface area contributed by atoms with Crippen molar-refractivity contribution in [3.05, 3.63) is 81.6 Å². The van der Waals surface area contributed by atoms with Crippen molar-refractivity contribution < 1.29 is 43.6 Å². The van der Waals surface area contributed by atoms with Gasteiger partial charge in [-0.25, -0.2) is 8.78 Å². The summed E-state index contributed by atoms with van der Waals surface area (Å²) >= 11 is 0. The number of carbonyl (C=O) groups is 3. The second-order valence-corrected chi connectivity index (χ2v) is 10.1. The number of rotatable bonds is 3. The lowest BCUT2D eigenvalue weighted by molar-refractivity contribution is -0.152. The average Bonchev–Trinajstić information content (AvgIpc) is 2.82. The number of aliphatic hydroxyl groups excluding tert-OH is 2. The number of phenols is 1. The summed E-state index contributed by atoms with van der Waals surface area (Å²) in [5.74, 6) is -9.83. The second kappa shape index (κ2) is 8.85. The van der Waals surface area contributed by atoms with Gasteiger partial charge in [0.2, 0.25) is 5.78 Å². The molecule has 0 radical (unpaired) electrons. The van der Waals surface area contributed by atoms with Crippen LogP contribution in [0, 0.1) is 23.5 Å². The Balaban J connectivity index is 1.82. The molecule has 1 saturated carbocycles. The minimum atomic E-state index is -2.81. The fourth-order valence-electron chi connectivity index (χ4n) is 6.11. The number of aliphatic hydroxyl groups is 3. The van der Waals surface area contributed by atoms with E-state index in [2.05, 4.69) is 0 Å². The molecule has 1 amide bonds. The fraction of sp³-hybridized carbons (Fsp3) is 0.250. The molecule has 11 heteroatoms. The number of Topliss-reactive ketones (excluding diaryl/α,β-unsaturated/α-hetero) is 2. The zero-order valence-corrected chi connectivity index (χ0v) is 20.8. The Morgan fingerprint density at radius 1 is 1.10 bits per heavy atom. The number of amides is 1. The highest BCUT2D eigenvalue weighted by atomic mass is 19.1. The number of halogens is 2. The van der Waals surface area contributed by atoms with E-state index in [0.29, 0.717) is 6.07 Å². The maximum absolute atomic E-state index is 14.0. The summed E-state index contributed by atoms with van der Waals surface area (Å²) in [4.78, 5) is 40.8. The monoisotopic (exact) mass is 538 g/mol. The molecule has 6 N–H and O–H groups in total. The first-order chi connectivity index (χ1) is 18.3. The van der Waals surface area contributed by atoms with E-state index in [0.717, 1.165) is 12.1 Å². The van der Waals surface area contributed by atoms with Crippen LogP contribution in [0.1, 0.15) is 23.1 Å². The van der Waals surface area contributed by atoms with E-state index in [-0.39, 0.29) is 28.7 Å². The van der Waals surface area contributed by atoms with E-state index in [9.17, 15) is 43.6 Å². The molecule has 4 atom stereocenters. The lowest BCUT2D eigenvalue weighted by Gasteiger charge is -2.50. The Morgan fingerprint density at radius 2 is 1.74 bits per heavy atom. The Morgan fingerprint density at radius 3 is 2.33 bits per heavy atom. The Hall–Kier alpha value is -4.35. The van der Waals surface area contributed by atoms with Crippen molar-refractivity contribution in [2.24, 2.45) is 17.6 Å². The van der Waals surface area contributed by atoms with E-state index >= 15 is 0 Å². The predicted molar refractivity (Wildman–Crippen MR) is 135 cm³/mol. The topological polar surface area (TPSA) is 161 Å². The second-order valence-electron chi connectivity index (χ2n) is 10.1. The van der Waals surface area contributed by atoms with Crippen LogP contribution in [0.2, 0.25) is 0 Å². The predicted octanol–water partition coefficient (Wildman–Crippen LogP) is 2.24. The van der Waals surface area contributed by atoms with E-state index in [1.54, 1.807) is 0 Å². The van der Waals surface area contributed by atoms with Gasteiger partial charge in [0.15, 0.2) is 11.4 Å². The van der Waals surface area contributed by atoms with Crippen molar-refractivity contribution in [3.63, 3.8) is 0 Å². The van der Waals surface area contributed by atoms with Crippen LogP contribution in [0.5, 0.6) is 5.75 Å². The van der Waals surface area contributed by atoms with E-state index < -0.39 is 81.0 Å². The maximum Gasteiger partial charge on any atom is 0.255 e. The number of allylic oxidation sites excluding steroid dienone is 1. The van der Waals surface area contributed by atoms with Gasteiger partial charge >= 0.3 is 0 Å². The Bertz CT molecular complexity index is 1560. The summed E-state index contributed by atoms with van der Waals surface area (Å²) in [6.45, 7) is 0. The van der Waals surface area contributed by atoms with Crippen LogP contribution in [0.3, 0.4) is 0 Å². The van der Waals surface area contributed by atoms with Crippen LogP contribution in [0.25, 0.3) is 17.4 Å². The molecule has 0 bridgehead atoms. The SMILES string of the molecule is CN(C)[C@@H]1C(=O)C(C(N)=O)=C(O)[C@@]2(O)C(=O)C3=C(O)c4c(O)cccc4/C(=C\c4cc(F)cc(F)c4)C3CC12. The summed E-state index contributed by atoms with van der Waals surface area (Å²) in [7, 11) is 2.97. The number of benzene rings is 2. The number of hydrogen-bond donors (Lipinski definition) is 5. The van der Waals surface area contributed by atoms with Crippen molar-refractivity contribution in [1.29, 1.82) is 0 Å². The molecule has 202 valence electrons. The van der Waals surface area contributed by atoms with Crippen molar-refractivity contribution in [3.8, 4) is 5.75 Å². The van der Waals surface area contributed by atoms with Gasteiger partial charge in [-0.05, 0) is 55.4 Å². The highest BCUT2D eigenvalue weighted by Crippen LogP contribution is 2.56. The molecule has 0 aromatic heterocycles. The molecule has 3 aliphatic carbocycles. The first-order valence-corrected chi connectivity index (χ1v) is 11.9. The Labute approximate surface area is 220 Å². The molecule has 5 rings (SSSR count). The number of ketones is 2. The van der Waals surface area contributed by atoms with Crippen LogP contribution in [-0.4, -0.2) is 68.5 Å². The standard InChI is InChI=1S/C28H24F2N2O7/c1-32(2)22-17-10-16-15(8-11-6-12(29)9-13(30)7-11)14-4-3-5-18(33)19(14)23(34)20(16)25(36)28(17,39)26(37)21(24(22)35)27(31)38/h3-9,16-17,22,33-34,37,39H,10H2,1-2H3,(H2,31,38)/b15-8+/t16?,17?,22-,28-/m0/s1. The van der Waals surface area contributed by atoms with E-state index in [4.69, 9.17) is 5.73 Å².